The van der Waals surface area contributed by atoms with Crippen LogP contribution in [0.1, 0.15) is 247 Å². The highest BCUT2D eigenvalue weighted by molar-refractivity contribution is 7.79. The molecule has 0 N–H and O–H groups in total. The predicted molar refractivity (Wildman–Crippen MR) is 234 cm³/mol. The molecule has 53 heavy (non-hydrogen) atoms. The Kier molecular flexibility index (Phi) is 46.3. The third kappa shape index (κ3) is 51.8. The number of quaternary nitrogens is 2. The first kappa shape index (κ1) is 57.1. The van der Waals surface area contributed by atoms with Crippen LogP contribution < -0.4 is 0 Å². The van der Waals surface area contributed by atoms with Crippen molar-refractivity contribution in [1.82, 2.24) is 0 Å². The van der Waals surface area contributed by atoms with E-state index in [-0.39, 0.29) is 0 Å². The predicted octanol–water partition coefficient (Wildman–Crippen LogP) is 14.1. The summed E-state index contributed by atoms with van der Waals surface area (Å²) in [4.78, 5) is 0. The molecule has 324 valence electrons. The van der Waals surface area contributed by atoms with E-state index in [1.165, 1.54) is 254 Å². The Morgan fingerprint density at radius 1 is 0.302 bits per heavy atom. The molecule has 0 spiro atoms. The van der Waals surface area contributed by atoms with E-state index in [0.29, 0.717) is 0 Å². The largest absolute Gasteiger partial charge is 0.759 e. The van der Waals surface area contributed by atoms with Crippen LogP contribution in [0.4, 0.5) is 0 Å². The Bertz CT molecular complexity index is 726. The Labute approximate surface area is 336 Å². The number of hydrogen-bond acceptors (Lipinski definition) is 4. The second-order valence-electron chi connectivity index (χ2n) is 17.0. The summed E-state index contributed by atoms with van der Waals surface area (Å²) in [6.45, 7) is 21.8. The highest BCUT2D eigenvalue weighted by atomic mass is 32.3. The van der Waals surface area contributed by atoms with Crippen LogP contribution in [-0.2, 0) is 10.4 Å². The molecule has 0 saturated heterocycles. The van der Waals surface area contributed by atoms with Gasteiger partial charge < -0.3 is 18.1 Å². The molecule has 0 fully saturated rings. The highest BCUT2D eigenvalue weighted by Gasteiger charge is 2.15. The Hall–Kier alpha value is -0.210. The molecule has 0 unspecified atom stereocenters. The number of rotatable bonds is 38. The van der Waals surface area contributed by atoms with Crippen LogP contribution in [0.5, 0.6) is 0 Å². The fourth-order valence-corrected chi connectivity index (χ4v) is 7.16. The van der Waals surface area contributed by atoms with Gasteiger partial charge in [0.05, 0.1) is 53.4 Å². The third-order valence-corrected chi connectivity index (χ3v) is 12.2. The van der Waals surface area contributed by atoms with Crippen molar-refractivity contribution in [1.29, 1.82) is 0 Å². The SMILES string of the molecule is CCCCCCCCCCCCCCCCCC[N+](C)(CC)CC.CCCCCCCCCCCCCCCCCC[N+](C)(CC)CC.O=S(=O)([O-])[O-]. The molecule has 0 amide bonds. The van der Waals surface area contributed by atoms with E-state index in [4.69, 9.17) is 17.5 Å². The number of unbranched alkanes of at least 4 members (excludes halogenated alkanes) is 30. The fraction of sp³-hybridized carbons (Fsp3) is 1.00. The lowest BCUT2D eigenvalue weighted by Gasteiger charge is -2.32. The van der Waals surface area contributed by atoms with E-state index in [0.717, 1.165) is 0 Å². The Morgan fingerprint density at radius 2 is 0.434 bits per heavy atom. The van der Waals surface area contributed by atoms with E-state index in [2.05, 4.69) is 55.6 Å². The van der Waals surface area contributed by atoms with E-state index in [1.807, 2.05) is 0 Å². The van der Waals surface area contributed by atoms with Crippen molar-refractivity contribution < 1.29 is 26.5 Å². The van der Waals surface area contributed by atoms with Crippen LogP contribution in [0, 0.1) is 0 Å². The molecule has 0 radical (unpaired) electrons. The Morgan fingerprint density at radius 3 is 0.566 bits per heavy atom. The molecule has 6 nitrogen and oxygen atoms in total. The van der Waals surface area contributed by atoms with Gasteiger partial charge in [0.25, 0.3) is 0 Å². The van der Waals surface area contributed by atoms with Crippen molar-refractivity contribution >= 4 is 10.4 Å². The fourth-order valence-electron chi connectivity index (χ4n) is 7.16. The second kappa shape index (κ2) is 42.9. The van der Waals surface area contributed by atoms with E-state index in [1.54, 1.807) is 0 Å². The maximum absolute atomic E-state index is 8.52. The standard InChI is InChI=1S/2C23H50N.H2O4S/c2*1-5-8-9-10-11-12-13-14-15-16-17-18-19-20-21-22-23-24(4,6-2)7-3;1-5(2,3)4/h2*5-23H2,1-4H3;(H2,1,2,3,4)/q2*+1;/p-2. The molecule has 7 heteroatoms. The summed E-state index contributed by atoms with van der Waals surface area (Å²) in [5.41, 5.74) is 0. The first-order chi connectivity index (χ1) is 25.4. The number of hydrogen-bond donors (Lipinski definition) is 0. The summed E-state index contributed by atoms with van der Waals surface area (Å²) in [7, 11) is -0.351. The molecule has 0 heterocycles. The van der Waals surface area contributed by atoms with Gasteiger partial charge in [-0.1, -0.05) is 194 Å². The molecular formula is C46H100N2O4S. The van der Waals surface area contributed by atoms with E-state index in [9.17, 15) is 0 Å². The molecule has 0 bridgehead atoms. The quantitative estimate of drug-likeness (QED) is 0.0271. The maximum Gasteiger partial charge on any atom is 0.0784 e. The first-order valence-electron chi connectivity index (χ1n) is 23.7. The van der Waals surface area contributed by atoms with Crippen molar-refractivity contribution in [3.8, 4) is 0 Å². The second-order valence-corrected chi connectivity index (χ2v) is 17.8. The highest BCUT2D eigenvalue weighted by Crippen LogP contribution is 2.16. The smallest absolute Gasteiger partial charge is 0.0784 e. The van der Waals surface area contributed by atoms with E-state index < -0.39 is 10.4 Å². The summed E-state index contributed by atoms with van der Waals surface area (Å²) >= 11 is 0. The normalized spacial score (nSPS) is 12.0. The topological polar surface area (TPSA) is 80.3 Å². The van der Waals surface area contributed by atoms with Crippen molar-refractivity contribution in [2.45, 2.75) is 247 Å². The van der Waals surface area contributed by atoms with Gasteiger partial charge in [-0.2, -0.15) is 0 Å². The zero-order valence-corrected chi connectivity index (χ0v) is 38.6. The minimum atomic E-state index is -5.17. The maximum atomic E-state index is 8.52. The van der Waals surface area contributed by atoms with Crippen molar-refractivity contribution in [2.75, 3.05) is 53.4 Å². The van der Waals surface area contributed by atoms with Gasteiger partial charge in [-0.05, 0) is 53.4 Å². The number of nitrogens with zero attached hydrogens (tertiary/aromatic N) is 2. The van der Waals surface area contributed by atoms with Gasteiger partial charge in [0, 0.05) is 10.4 Å². The summed E-state index contributed by atoms with van der Waals surface area (Å²) in [6, 6.07) is 0. The van der Waals surface area contributed by atoms with Gasteiger partial charge in [0.1, 0.15) is 0 Å². The molecule has 0 saturated carbocycles. The monoisotopic (exact) mass is 777 g/mol. The first-order valence-corrected chi connectivity index (χ1v) is 25.0. The zero-order valence-electron chi connectivity index (χ0n) is 37.8. The minimum Gasteiger partial charge on any atom is -0.759 e. The van der Waals surface area contributed by atoms with Gasteiger partial charge >= 0.3 is 0 Å². The molecule has 0 aliphatic heterocycles. The zero-order chi connectivity index (χ0) is 40.4. The molecule has 0 aliphatic carbocycles. The van der Waals surface area contributed by atoms with Crippen molar-refractivity contribution in [3.63, 3.8) is 0 Å². The molecular weight excluding hydrogens is 677 g/mol. The molecule has 0 aromatic rings. The van der Waals surface area contributed by atoms with Crippen molar-refractivity contribution in [3.05, 3.63) is 0 Å². The van der Waals surface area contributed by atoms with Gasteiger partial charge in [-0.3, -0.25) is 8.42 Å². The lowest BCUT2D eigenvalue weighted by Crippen LogP contribution is -2.44. The van der Waals surface area contributed by atoms with Gasteiger partial charge in [0.2, 0.25) is 0 Å². The van der Waals surface area contributed by atoms with Crippen LogP contribution >= 0.6 is 0 Å². The van der Waals surface area contributed by atoms with Crippen LogP contribution in [-0.4, -0.2) is 79.9 Å². The van der Waals surface area contributed by atoms with Crippen molar-refractivity contribution in [2.24, 2.45) is 0 Å². The van der Waals surface area contributed by atoms with Gasteiger partial charge in [0.15, 0.2) is 0 Å². The molecule has 0 aliphatic rings. The summed E-state index contributed by atoms with van der Waals surface area (Å²) < 4.78 is 36.6. The minimum absolute atomic E-state index is 1.26. The molecule has 0 rings (SSSR count). The lowest BCUT2D eigenvalue weighted by atomic mass is 10.0. The summed E-state index contributed by atoms with van der Waals surface area (Å²) in [5.74, 6) is 0. The average Bonchev–Trinajstić information content (AvgIpc) is 3.13. The van der Waals surface area contributed by atoms with Crippen LogP contribution in [0.25, 0.3) is 0 Å². The lowest BCUT2D eigenvalue weighted by molar-refractivity contribution is -0.906. The summed E-state index contributed by atoms with van der Waals surface area (Å²) in [6.07, 6.45) is 46.8. The van der Waals surface area contributed by atoms with Gasteiger partial charge in [-0.15, -0.1) is 0 Å². The average molecular weight is 777 g/mol. The third-order valence-electron chi connectivity index (χ3n) is 12.2. The van der Waals surface area contributed by atoms with Gasteiger partial charge in [-0.25, -0.2) is 0 Å². The van der Waals surface area contributed by atoms with Crippen LogP contribution in [0.3, 0.4) is 0 Å². The van der Waals surface area contributed by atoms with Crippen LogP contribution in [0.15, 0.2) is 0 Å². The van der Waals surface area contributed by atoms with Crippen LogP contribution in [0.2, 0.25) is 0 Å². The molecule has 0 aromatic heterocycles. The Balaban J connectivity index is -0.000000835. The molecule has 0 atom stereocenters. The summed E-state index contributed by atoms with van der Waals surface area (Å²) in [5, 5.41) is 0. The van der Waals surface area contributed by atoms with E-state index >= 15 is 0 Å². The molecule has 0 aromatic carbocycles.